The number of hydrogen-bond donors (Lipinski definition) is 1. The molecule has 0 radical (unpaired) electrons. The normalized spacial score (nSPS) is 10.2. The van der Waals surface area contributed by atoms with Gasteiger partial charge in [-0.2, -0.15) is 0 Å². The van der Waals surface area contributed by atoms with E-state index < -0.39 is 11.8 Å². The fourth-order valence-corrected chi connectivity index (χ4v) is 2.46. The molecule has 0 aliphatic carbocycles. The first kappa shape index (κ1) is 17.0. The van der Waals surface area contributed by atoms with Crippen LogP contribution in [-0.4, -0.2) is 18.4 Å². The molecule has 2 rings (SSSR count). The molecular weight excluding hydrogens is 312 g/mol. The fraction of sp³-hybridized carbons (Fsp3) is 0.222. The monoisotopic (exact) mass is 330 g/mol. The van der Waals surface area contributed by atoms with Crippen LogP contribution in [0.4, 0.5) is 5.69 Å². The van der Waals surface area contributed by atoms with Crippen LogP contribution in [0.3, 0.4) is 0 Å². The Hall–Kier alpha value is -2.33. The van der Waals surface area contributed by atoms with E-state index in [0.717, 1.165) is 11.1 Å². The number of nitrogens with zero attached hydrogens (tertiary/aromatic N) is 1. The van der Waals surface area contributed by atoms with E-state index in [1.165, 1.54) is 4.90 Å². The number of anilines is 1. The highest BCUT2D eigenvalue weighted by Crippen LogP contribution is 2.17. The molecule has 0 aromatic heterocycles. The lowest BCUT2D eigenvalue weighted by molar-refractivity contribution is -0.137. The van der Waals surface area contributed by atoms with E-state index in [0.29, 0.717) is 17.3 Å². The lowest BCUT2D eigenvalue weighted by Crippen LogP contribution is -2.43. The van der Waals surface area contributed by atoms with Gasteiger partial charge in [0.1, 0.15) is 0 Å². The molecule has 1 N–H and O–H groups in total. The first-order valence-corrected chi connectivity index (χ1v) is 7.80. The number of aryl methyl sites for hydroxylation is 1. The molecule has 2 aromatic carbocycles. The second-order valence-corrected chi connectivity index (χ2v) is 5.57. The predicted molar refractivity (Wildman–Crippen MR) is 92.5 cm³/mol. The molecule has 0 heterocycles. The zero-order chi connectivity index (χ0) is 16.8. The van der Waals surface area contributed by atoms with Gasteiger partial charge in [0.05, 0.1) is 0 Å². The van der Waals surface area contributed by atoms with Gasteiger partial charge < -0.3 is 10.2 Å². The van der Waals surface area contributed by atoms with Crippen LogP contribution in [0.5, 0.6) is 0 Å². The molecule has 0 aliphatic rings. The summed E-state index contributed by atoms with van der Waals surface area (Å²) in [6.07, 6.45) is 0. The molecular formula is C18H19ClN2O2. The molecule has 4 nitrogen and oxygen atoms in total. The van der Waals surface area contributed by atoms with Crippen LogP contribution in [0.1, 0.15) is 18.1 Å². The first-order chi connectivity index (χ1) is 11.0. The molecule has 0 saturated heterocycles. The molecule has 0 spiro atoms. The van der Waals surface area contributed by atoms with Crippen molar-refractivity contribution in [3.05, 3.63) is 64.7 Å². The summed E-state index contributed by atoms with van der Waals surface area (Å²) in [5, 5.41) is 3.19. The summed E-state index contributed by atoms with van der Waals surface area (Å²) in [7, 11) is 0. The van der Waals surface area contributed by atoms with Crippen molar-refractivity contribution < 1.29 is 9.59 Å². The van der Waals surface area contributed by atoms with E-state index in [-0.39, 0.29) is 6.54 Å². The van der Waals surface area contributed by atoms with E-state index >= 15 is 0 Å². The number of carbonyl (C=O) groups is 2. The van der Waals surface area contributed by atoms with E-state index in [1.54, 1.807) is 6.07 Å². The fourth-order valence-electron chi connectivity index (χ4n) is 2.25. The van der Waals surface area contributed by atoms with Crippen LogP contribution in [0.25, 0.3) is 0 Å². The van der Waals surface area contributed by atoms with Gasteiger partial charge in [-0.15, -0.1) is 0 Å². The van der Waals surface area contributed by atoms with Crippen LogP contribution in [0, 0.1) is 6.92 Å². The van der Waals surface area contributed by atoms with Crippen molar-refractivity contribution in [1.29, 1.82) is 0 Å². The van der Waals surface area contributed by atoms with Gasteiger partial charge in [0.2, 0.25) is 0 Å². The number of nitrogens with one attached hydrogen (secondary N) is 1. The van der Waals surface area contributed by atoms with Crippen LogP contribution >= 0.6 is 11.6 Å². The number of amides is 2. The molecule has 0 fully saturated rings. The molecule has 0 bridgehead atoms. The van der Waals surface area contributed by atoms with Crippen molar-refractivity contribution in [2.75, 3.05) is 11.4 Å². The predicted octanol–water partition coefficient (Wildman–Crippen LogP) is 3.32. The average Bonchev–Trinajstić information content (AvgIpc) is 2.54. The highest BCUT2D eigenvalue weighted by molar-refractivity contribution is 6.40. The minimum absolute atomic E-state index is 0.218. The van der Waals surface area contributed by atoms with E-state index in [1.807, 2.05) is 56.3 Å². The van der Waals surface area contributed by atoms with Crippen molar-refractivity contribution in [3.63, 3.8) is 0 Å². The van der Waals surface area contributed by atoms with Crippen LogP contribution in [0.2, 0.25) is 5.02 Å². The van der Waals surface area contributed by atoms with Gasteiger partial charge in [0.15, 0.2) is 0 Å². The SMILES string of the molecule is CCN(C(=O)C(=O)NCc1ccccc1Cl)c1cccc(C)c1. The quantitative estimate of drug-likeness (QED) is 0.874. The number of halogens is 1. The smallest absolute Gasteiger partial charge is 0.316 e. The Morgan fingerprint density at radius 1 is 1.13 bits per heavy atom. The second-order valence-electron chi connectivity index (χ2n) is 5.16. The number of benzene rings is 2. The van der Waals surface area contributed by atoms with Gasteiger partial charge in [-0.25, -0.2) is 0 Å². The Morgan fingerprint density at radius 3 is 2.52 bits per heavy atom. The molecule has 23 heavy (non-hydrogen) atoms. The molecule has 0 aliphatic heterocycles. The summed E-state index contributed by atoms with van der Waals surface area (Å²) in [6.45, 7) is 4.41. The van der Waals surface area contributed by atoms with Gasteiger partial charge in [0.25, 0.3) is 0 Å². The maximum Gasteiger partial charge on any atom is 0.316 e. The standard InChI is InChI=1S/C18H19ClN2O2/c1-3-21(15-9-6-7-13(2)11-15)18(23)17(22)20-12-14-8-4-5-10-16(14)19/h4-11H,3,12H2,1-2H3,(H,20,22). The molecule has 0 atom stereocenters. The number of carbonyl (C=O) groups excluding carboxylic acids is 2. The minimum atomic E-state index is -0.645. The third-order valence-corrected chi connectivity index (χ3v) is 3.83. The first-order valence-electron chi connectivity index (χ1n) is 7.42. The van der Waals surface area contributed by atoms with Gasteiger partial charge in [0, 0.05) is 23.8 Å². The third-order valence-electron chi connectivity index (χ3n) is 3.47. The Bertz CT molecular complexity index is 716. The summed E-state index contributed by atoms with van der Waals surface area (Å²) in [6, 6.07) is 14.7. The van der Waals surface area contributed by atoms with Crippen LogP contribution < -0.4 is 10.2 Å². The summed E-state index contributed by atoms with van der Waals surface area (Å²) < 4.78 is 0. The lowest BCUT2D eigenvalue weighted by atomic mass is 10.2. The maximum absolute atomic E-state index is 12.4. The number of rotatable bonds is 4. The van der Waals surface area contributed by atoms with Crippen molar-refractivity contribution in [2.24, 2.45) is 0 Å². The topological polar surface area (TPSA) is 49.4 Å². The van der Waals surface area contributed by atoms with Crippen molar-refractivity contribution in [1.82, 2.24) is 5.32 Å². The molecule has 0 unspecified atom stereocenters. The molecule has 0 saturated carbocycles. The largest absolute Gasteiger partial charge is 0.344 e. The summed E-state index contributed by atoms with van der Waals surface area (Å²) >= 11 is 6.04. The van der Waals surface area contributed by atoms with Crippen molar-refractivity contribution >= 4 is 29.1 Å². The number of hydrogen-bond acceptors (Lipinski definition) is 2. The Balaban J connectivity index is 2.06. The number of likely N-dealkylation sites (N-methyl/N-ethyl adjacent to an activating group) is 1. The minimum Gasteiger partial charge on any atom is -0.344 e. The van der Waals surface area contributed by atoms with E-state index in [4.69, 9.17) is 11.6 Å². The summed E-state index contributed by atoms with van der Waals surface area (Å²) in [5.74, 6) is -1.22. The van der Waals surface area contributed by atoms with Gasteiger partial charge in [-0.1, -0.05) is 41.9 Å². The molecule has 2 amide bonds. The molecule has 120 valence electrons. The van der Waals surface area contributed by atoms with Crippen LogP contribution in [0.15, 0.2) is 48.5 Å². The average molecular weight is 331 g/mol. The Labute approximate surface area is 141 Å². The summed E-state index contributed by atoms with van der Waals surface area (Å²) in [5.41, 5.74) is 2.52. The highest BCUT2D eigenvalue weighted by atomic mass is 35.5. The second kappa shape index (κ2) is 7.79. The highest BCUT2D eigenvalue weighted by Gasteiger charge is 2.21. The zero-order valence-corrected chi connectivity index (χ0v) is 13.9. The van der Waals surface area contributed by atoms with Crippen molar-refractivity contribution in [3.8, 4) is 0 Å². The maximum atomic E-state index is 12.4. The molecule has 5 heteroatoms. The zero-order valence-electron chi connectivity index (χ0n) is 13.2. The van der Waals surface area contributed by atoms with Crippen molar-refractivity contribution in [2.45, 2.75) is 20.4 Å². The van der Waals surface area contributed by atoms with Gasteiger partial charge in [-0.3, -0.25) is 9.59 Å². The van der Waals surface area contributed by atoms with Gasteiger partial charge >= 0.3 is 11.8 Å². The van der Waals surface area contributed by atoms with E-state index in [9.17, 15) is 9.59 Å². The van der Waals surface area contributed by atoms with Crippen LogP contribution in [-0.2, 0) is 16.1 Å². The lowest BCUT2D eigenvalue weighted by Gasteiger charge is -2.20. The summed E-state index contributed by atoms with van der Waals surface area (Å²) in [4.78, 5) is 26.0. The third kappa shape index (κ3) is 4.33. The Morgan fingerprint density at radius 2 is 1.87 bits per heavy atom. The van der Waals surface area contributed by atoms with Gasteiger partial charge in [-0.05, 0) is 43.2 Å². The van der Waals surface area contributed by atoms with E-state index in [2.05, 4.69) is 5.32 Å². The molecule has 2 aromatic rings. The Kier molecular flexibility index (Phi) is 5.77.